The highest BCUT2D eigenvalue weighted by molar-refractivity contribution is 5.94. The Morgan fingerprint density at radius 3 is 2.61 bits per heavy atom. The molecule has 0 aromatic heterocycles. The predicted octanol–water partition coefficient (Wildman–Crippen LogP) is 2.34. The third-order valence-electron chi connectivity index (χ3n) is 2.76. The van der Waals surface area contributed by atoms with Crippen LogP contribution in [0.5, 0.6) is 0 Å². The number of rotatable bonds is 6. The maximum absolute atomic E-state index is 13.3. The average molecular weight is 252 g/mol. The Labute approximate surface area is 108 Å². The summed E-state index contributed by atoms with van der Waals surface area (Å²) in [5.41, 5.74) is 6.66. The topological polar surface area (TPSA) is 46.3 Å². The van der Waals surface area contributed by atoms with Gasteiger partial charge in [0.2, 0.25) is 0 Å². The van der Waals surface area contributed by atoms with Gasteiger partial charge in [0, 0.05) is 25.2 Å². The van der Waals surface area contributed by atoms with Gasteiger partial charge in [0.1, 0.15) is 5.82 Å². The van der Waals surface area contributed by atoms with Crippen LogP contribution in [-0.4, -0.2) is 30.4 Å². The fraction of sp³-hybridized carbons (Fsp3) is 0.500. The molecule has 0 aliphatic carbocycles. The van der Waals surface area contributed by atoms with Gasteiger partial charge in [-0.05, 0) is 37.1 Å². The number of benzene rings is 1. The summed E-state index contributed by atoms with van der Waals surface area (Å²) in [6.07, 6.45) is 1.94. The number of aryl methyl sites for hydroxylation is 1. The zero-order valence-corrected chi connectivity index (χ0v) is 11.1. The van der Waals surface area contributed by atoms with Crippen molar-refractivity contribution in [3.05, 3.63) is 35.1 Å². The summed E-state index contributed by atoms with van der Waals surface area (Å²) in [5, 5.41) is 0. The molecular weight excluding hydrogens is 231 g/mol. The second-order valence-electron chi connectivity index (χ2n) is 4.45. The fourth-order valence-corrected chi connectivity index (χ4v) is 1.86. The van der Waals surface area contributed by atoms with E-state index in [2.05, 4.69) is 6.92 Å². The van der Waals surface area contributed by atoms with Gasteiger partial charge in [-0.2, -0.15) is 0 Å². The number of nitrogens with two attached hydrogens (primary N) is 1. The number of amides is 1. The minimum Gasteiger partial charge on any atom is -0.337 e. The molecule has 0 aliphatic rings. The van der Waals surface area contributed by atoms with Crippen LogP contribution in [0.3, 0.4) is 0 Å². The summed E-state index contributed by atoms with van der Waals surface area (Å²) >= 11 is 0. The molecule has 1 amide bonds. The highest BCUT2D eigenvalue weighted by Crippen LogP contribution is 2.11. The van der Waals surface area contributed by atoms with Crippen LogP contribution in [0, 0.1) is 12.7 Å². The molecule has 0 spiro atoms. The van der Waals surface area contributed by atoms with Gasteiger partial charge in [-0.15, -0.1) is 0 Å². The number of carbonyl (C=O) groups excluding carboxylic acids is 1. The minimum absolute atomic E-state index is 0.142. The molecule has 0 heterocycles. The van der Waals surface area contributed by atoms with Crippen molar-refractivity contribution in [2.45, 2.75) is 26.7 Å². The molecule has 0 bridgehead atoms. The van der Waals surface area contributed by atoms with E-state index in [0.717, 1.165) is 18.4 Å². The number of hydrogen-bond acceptors (Lipinski definition) is 2. The van der Waals surface area contributed by atoms with Crippen LogP contribution < -0.4 is 5.73 Å². The monoisotopic (exact) mass is 252 g/mol. The zero-order valence-electron chi connectivity index (χ0n) is 11.1. The molecule has 3 nitrogen and oxygen atoms in total. The minimum atomic E-state index is -0.374. The summed E-state index contributed by atoms with van der Waals surface area (Å²) in [7, 11) is 0. The normalized spacial score (nSPS) is 10.4. The number of nitrogens with zero attached hydrogens (tertiary/aromatic N) is 1. The van der Waals surface area contributed by atoms with Gasteiger partial charge in [0.15, 0.2) is 0 Å². The maximum Gasteiger partial charge on any atom is 0.254 e. The van der Waals surface area contributed by atoms with Gasteiger partial charge in [0.05, 0.1) is 0 Å². The van der Waals surface area contributed by atoms with Gasteiger partial charge < -0.3 is 10.6 Å². The van der Waals surface area contributed by atoms with Crippen LogP contribution in [0.2, 0.25) is 0 Å². The molecule has 0 unspecified atom stereocenters. The van der Waals surface area contributed by atoms with Gasteiger partial charge in [-0.25, -0.2) is 4.39 Å². The first-order valence-corrected chi connectivity index (χ1v) is 6.35. The van der Waals surface area contributed by atoms with Crippen molar-refractivity contribution in [2.24, 2.45) is 5.73 Å². The third kappa shape index (κ3) is 4.11. The van der Waals surface area contributed by atoms with Crippen molar-refractivity contribution in [1.82, 2.24) is 4.90 Å². The van der Waals surface area contributed by atoms with Gasteiger partial charge in [-0.3, -0.25) is 4.79 Å². The standard InChI is InChI=1S/C14H21FN2O/c1-3-4-6-17(7-5-16)14(18)12-8-11(2)9-13(15)10-12/h8-10H,3-7,16H2,1-2H3. The Kier molecular flexibility index (Phi) is 5.78. The van der Waals surface area contributed by atoms with E-state index in [9.17, 15) is 9.18 Å². The quantitative estimate of drug-likeness (QED) is 0.844. The van der Waals surface area contributed by atoms with E-state index in [1.807, 2.05) is 0 Å². The molecule has 0 aliphatic heterocycles. The zero-order chi connectivity index (χ0) is 13.5. The Morgan fingerprint density at radius 1 is 1.33 bits per heavy atom. The van der Waals surface area contributed by atoms with E-state index >= 15 is 0 Å². The maximum atomic E-state index is 13.3. The number of hydrogen-bond donors (Lipinski definition) is 1. The summed E-state index contributed by atoms with van der Waals surface area (Å²) in [6, 6.07) is 4.40. The number of unbranched alkanes of at least 4 members (excludes halogenated alkanes) is 1. The Balaban J connectivity index is 2.86. The highest BCUT2D eigenvalue weighted by Gasteiger charge is 2.15. The molecule has 4 heteroatoms. The van der Waals surface area contributed by atoms with Gasteiger partial charge >= 0.3 is 0 Å². The van der Waals surface area contributed by atoms with Gasteiger partial charge in [-0.1, -0.05) is 13.3 Å². The molecule has 0 saturated carbocycles. The lowest BCUT2D eigenvalue weighted by Crippen LogP contribution is -2.36. The molecule has 1 aromatic rings. The van der Waals surface area contributed by atoms with E-state index in [1.165, 1.54) is 12.1 Å². The second-order valence-corrected chi connectivity index (χ2v) is 4.45. The summed E-state index contributed by atoms with van der Waals surface area (Å²) < 4.78 is 13.3. The fourth-order valence-electron chi connectivity index (χ4n) is 1.86. The molecule has 1 aromatic carbocycles. The third-order valence-corrected chi connectivity index (χ3v) is 2.76. The van der Waals surface area contributed by atoms with E-state index in [0.29, 0.717) is 25.2 Å². The lowest BCUT2D eigenvalue weighted by molar-refractivity contribution is 0.0757. The molecule has 0 fully saturated rings. The highest BCUT2D eigenvalue weighted by atomic mass is 19.1. The summed E-state index contributed by atoms with van der Waals surface area (Å²) in [5.74, 6) is -0.516. The molecular formula is C14H21FN2O. The van der Waals surface area contributed by atoms with E-state index in [-0.39, 0.29) is 11.7 Å². The van der Waals surface area contributed by atoms with Crippen LogP contribution >= 0.6 is 0 Å². The molecule has 1 rings (SSSR count). The first kappa shape index (κ1) is 14.6. The molecule has 0 radical (unpaired) electrons. The van der Waals surface area contributed by atoms with Crippen LogP contribution in [0.1, 0.15) is 35.7 Å². The van der Waals surface area contributed by atoms with Crippen molar-refractivity contribution in [2.75, 3.05) is 19.6 Å². The second kappa shape index (κ2) is 7.11. The smallest absolute Gasteiger partial charge is 0.254 e. The number of halogens is 1. The average Bonchev–Trinajstić information content (AvgIpc) is 2.32. The van der Waals surface area contributed by atoms with Crippen LogP contribution in [-0.2, 0) is 0 Å². The van der Waals surface area contributed by atoms with Crippen LogP contribution in [0.25, 0.3) is 0 Å². The van der Waals surface area contributed by atoms with Crippen LogP contribution in [0.4, 0.5) is 4.39 Å². The lowest BCUT2D eigenvalue weighted by atomic mass is 10.1. The SMILES string of the molecule is CCCCN(CCN)C(=O)c1cc(C)cc(F)c1. The predicted molar refractivity (Wildman–Crippen MR) is 71.0 cm³/mol. The van der Waals surface area contributed by atoms with Crippen molar-refractivity contribution in [3.63, 3.8) is 0 Å². The van der Waals surface area contributed by atoms with Crippen molar-refractivity contribution in [1.29, 1.82) is 0 Å². The molecule has 18 heavy (non-hydrogen) atoms. The van der Waals surface area contributed by atoms with Crippen LogP contribution in [0.15, 0.2) is 18.2 Å². The molecule has 0 atom stereocenters. The Bertz CT molecular complexity index is 387. The summed E-state index contributed by atoms with van der Waals surface area (Å²) in [6.45, 7) is 5.44. The first-order valence-electron chi connectivity index (χ1n) is 6.35. The molecule has 2 N–H and O–H groups in total. The van der Waals surface area contributed by atoms with Crippen molar-refractivity contribution in [3.8, 4) is 0 Å². The Morgan fingerprint density at radius 2 is 2.06 bits per heavy atom. The van der Waals surface area contributed by atoms with Crippen molar-refractivity contribution >= 4 is 5.91 Å². The van der Waals surface area contributed by atoms with E-state index < -0.39 is 0 Å². The van der Waals surface area contributed by atoms with Crippen molar-refractivity contribution < 1.29 is 9.18 Å². The van der Waals surface area contributed by atoms with E-state index in [1.54, 1.807) is 17.9 Å². The summed E-state index contributed by atoms with van der Waals surface area (Å²) in [4.78, 5) is 13.9. The number of carbonyl (C=O) groups is 1. The largest absolute Gasteiger partial charge is 0.337 e. The van der Waals surface area contributed by atoms with Gasteiger partial charge in [0.25, 0.3) is 5.91 Å². The molecule has 0 saturated heterocycles. The van der Waals surface area contributed by atoms with E-state index in [4.69, 9.17) is 5.73 Å². The Hall–Kier alpha value is -1.42. The molecule has 100 valence electrons. The lowest BCUT2D eigenvalue weighted by Gasteiger charge is -2.22. The first-order chi connectivity index (χ1) is 8.58.